The van der Waals surface area contributed by atoms with Crippen molar-refractivity contribution in [1.82, 2.24) is 0 Å². The summed E-state index contributed by atoms with van der Waals surface area (Å²) in [5.41, 5.74) is 1.32. The average molecular weight is 191 g/mol. The van der Waals surface area contributed by atoms with Gasteiger partial charge in [-0.3, -0.25) is 0 Å². The summed E-state index contributed by atoms with van der Waals surface area (Å²) in [5.74, 6) is 1.11. The Morgan fingerprint density at radius 3 is 1.64 bits per heavy atom. The molecule has 0 aliphatic rings. The van der Waals surface area contributed by atoms with Crippen molar-refractivity contribution < 1.29 is 0 Å². The van der Waals surface area contributed by atoms with Gasteiger partial charge in [0, 0.05) is 11.8 Å². The minimum absolute atomic E-state index is 0.557. The molecule has 2 heteroatoms. The fourth-order valence-electron chi connectivity index (χ4n) is 0.534. The first-order valence-electron chi connectivity index (χ1n) is 3.45. The SMILES string of the molecule is Cc1ccccc1.ClCCCl. The lowest BCUT2D eigenvalue weighted by Gasteiger charge is -1.82. The van der Waals surface area contributed by atoms with Gasteiger partial charge in [0.2, 0.25) is 0 Å². The summed E-state index contributed by atoms with van der Waals surface area (Å²) in [7, 11) is 0. The number of benzene rings is 1. The summed E-state index contributed by atoms with van der Waals surface area (Å²) in [5, 5.41) is 0. The number of hydrogen-bond donors (Lipinski definition) is 0. The molecular formula is C9H12Cl2. The first-order chi connectivity index (χ1) is 5.31. The van der Waals surface area contributed by atoms with Crippen LogP contribution < -0.4 is 0 Å². The predicted molar refractivity (Wildman–Crippen MR) is 52.6 cm³/mol. The molecular weight excluding hydrogens is 179 g/mol. The van der Waals surface area contributed by atoms with Crippen LogP contribution in [0.2, 0.25) is 0 Å². The van der Waals surface area contributed by atoms with E-state index >= 15 is 0 Å². The van der Waals surface area contributed by atoms with Crippen LogP contribution in [0.1, 0.15) is 5.56 Å². The zero-order valence-corrected chi connectivity index (χ0v) is 8.07. The highest BCUT2D eigenvalue weighted by Crippen LogP contribution is 1.92. The maximum atomic E-state index is 5.05. The lowest BCUT2D eigenvalue weighted by Crippen LogP contribution is -1.63. The summed E-state index contributed by atoms with van der Waals surface area (Å²) in [4.78, 5) is 0. The summed E-state index contributed by atoms with van der Waals surface area (Å²) >= 11 is 10.1. The molecule has 0 spiro atoms. The Labute approximate surface area is 78.1 Å². The van der Waals surface area contributed by atoms with Crippen molar-refractivity contribution in [3.8, 4) is 0 Å². The fourth-order valence-corrected chi connectivity index (χ4v) is 0.534. The van der Waals surface area contributed by atoms with Crippen molar-refractivity contribution in [1.29, 1.82) is 0 Å². The van der Waals surface area contributed by atoms with Crippen LogP contribution in [0, 0.1) is 6.92 Å². The molecule has 1 rings (SSSR count). The normalized spacial score (nSPS) is 8.27. The van der Waals surface area contributed by atoms with E-state index in [0.29, 0.717) is 11.8 Å². The summed E-state index contributed by atoms with van der Waals surface area (Å²) in [6, 6.07) is 10.3. The number of aryl methyl sites for hydroxylation is 1. The molecule has 0 fully saturated rings. The van der Waals surface area contributed by atoms with Crippen LogP contribution in [0.3, 0.4) is 0 Å². The van der Waals surface area contributed by atoms with Gasteiger partial charge in [0.05, 0.1) is 0 Å². The highest BCUT2D eigenvalue weighted by molar-refractivity contribution is 6.25. The molecule has 0 heterocycles. The largest absolute Gasteiger partial charge is 0.125 e. The van der Waals surface area contributed by atoms with Gasteiger partial charge in [-0.05, 0) is 6.92 Å². The number of hydrogen-bond acceptors (Lipinski definition) is 0. The molecule has 62 valence electrons. The van der Waals surface area contributed by atoms with Gasteiger partial charge in [0.25, 0.3) is 0 Å². The molecule has 0 saturated carbocycles. The van der Waals surface area contributed by atoms with Gasteiger partial charge in [-0.25, -0.2) is 0 Å². The van der Waals surface area contributed by atoms with Crippen molar-refractivity contribution in [3.05, 3.63) is 35.9 Å². The van der Waals surface area contributed by atoms with Crippen LogP contribution in [-0.2, 0) is 0 Å². The second kappa shape index (κ2) is 7.90. The number of rotatable bonds is 1. The molecule has 0 N–H and O–H groups in total. The molecule has 0 saturated heterocycles. The zero-order valence-electron chi connectivity index (χ0n) is 6.56. The van der Waals surface area contributed by atoms with E-state index in [1.807, 2.05) is 18.2 Å². The minimum Gasteiger partial charge on any atom is -0.125 e. The van der Waals surface area contributed by atoms with E-state index in [1.54, 1.807) is 0 Å². The molecule has 0 unspecified atom stereocenters. The monoisotopic (exact) mass is 190 g/mol. The fraction of sp³-hybridized carbons (Fsp3) is 0.333. The van der Waals surface area contributed by atoms with Crippen molar-refractivity contribution in [2.24, 2.45) is 0 Å². The van der Waals surface area contributed by atoms with Crippen LogP contribution >= 0.6 is 23.2 Å². The second-order valence-corrected chi connectivity index (χ2v) is 2.79. The average Bonchev–Trinajstić information content (AvgIpc) is 2.07. The van der Waals surface area contributed by atoms with Gasteiger partial charge in [-0.2, -0.15) is 0 Å². The first-order valence-corrected chi connectivity index (χ1v) is 4.51. The molecule has 1 aromatic carbocycles. The Kier molecular flexibility index (Phi) is 7.76. The smallest absolute Gasteiger partial charge is 0.0359 e. The van der Waals surface area contributed by atoms with Crippen molar-refractivity contribution >= 4 is 23.2 Å². The van der Waals surface area contributed by atoms with Gasteiger partial charge in [0.15, 0.2) is 0 Å². The van der Waals surface area contributed by atoms with Crippen LogP contribution in [0.15, 0.2) is 30.3 Å². The molecule has 0 aromatic heterocycles. The van der Waals surface area contributed by atoms with E-state index in [0.717, 1.165) is 0 Å². The van der Waals surface area contributed by atoms with E-state index in [2.05, 4.69) is 19.1 Å². The Balaban J connectivity index is 0.000000218. The van der Waals surface area contributed by atoms with E-state index in [9.17, 15) is 0 Å². The number of halogens is 2. The molecule has 0 radical (unpaired) electrons. The third-order valence-electron chi connectivity index (χ3n) is 1.01. The Morgan fingerprint density at radius 2 is 1.45 bits per heavy atom. The van der Waals surface area contributed by atoms with Crippen LogP contribution in [0.4, 0.5) is 0 Å². The lowest BCUT2D eigenvalue weighted by atomic mass is 10.2. The topological polar surface area (TPSA) is 0 Å². The number of alkyl halides is 2. The minimum atomic E-state index is 0.557. The highest BCUT2D eigenvalue weighted by atomic mass is 35.5. The van der Waals surface area contributed by atoms with Crippen LogP contribution in [-0.4, -0.2) is 11.8 Å². The quantitative estimate of drug-likeness (QED) is 0.596. The molecule has 0 nitrogen and oxygen atoms in total. The highest BCUT2D eigenvalue weighted by Gasteiger charge is 1.72. The third-order valence-corrected chi connectivity index (χ3v) is 1.58. The van der Waals surface area contributed by atoms with Crippen LogP contribution in [0.25, 0.3) is 0 Å². The second-order valence-electron chi connectivity index (χ2n) is 2.03. The van der Waals surface area contributed by atoms with E-state index in [4.69, 9.17) is 23.2 Å². The van der Waals surface area contributed by atoms with Gasteiger partial charge in [-0.15, -0.1) is 23.2 Å². The van der Waals surface area contributed by atoms with Crippen molar-refractivity contribution in [2.75, 3.05) is 11.8 Å². The first kappa shape index (κ1) is 10.8. The summed E-state index contributed by atoms with van der Waals surface area (Å²) in [6.45, 7) is 2.08. The standard InChI is InChI=1S/C7H8.C2H4Cl2/c1-7-5-3-2-4-6-7;3-1-2-4/h2-6H,1H3;1-2H2. The maximum Gasteiger partial charge on any atom is 0.0359 e. The van der Waals surface area contributed by atoms with E-state index in [1.165, 1.54) is 5.56 Å². The Bertz CT molecular complexity index is 158. The van der Waals surface area contributed by atoms with Gasteiger partial charge in [-0.1, -0.05) is 35.9 Å². The van der Waals surface area contributed by atoms with Crippen LogP contribution in [0.5, 0.6) is 0 Å². The maximum absolute atomic E-state index is 5.05. The van der Waals surface area contributed by atoms with Crippen molar-refractivity contribution in [2.45, 2.75) is 6.92 Å². The Morgan fingerprint density at radius 1 is 1.00 bits per heavy atom. The lowest BCUT2D eigenvalue weighted by molar-refractivity contribution is 1.48. The molecule has 1 aromatic rings. The Hall–Kier alpha value is -0.200. The molecule has 11 heavy (non-hydrogen) atoms. The van der Waals surface area contributed by atoms with Gasteiger partial charge in [0.1, 0.15) is 0 Å². The zero-order chi connectivity index (χ0) is 8.53. The molecule has 0 atom stereocenters. The van der Waals surface area contributed by atoms with E-state index in [-0.39, 0.29) is 0 Å². The van der Waals surface area contributed by atoms with Crippen molar-refractivity contribution in [3.63, 3.8) is 0 Å². The summed E-state index contributed by atoms with van der Waals surface area (Å²) in [6.07, 6.45) is 0. The molecule has 0 amide bonds. The molecule has 0 aliphatic heterocycles. The van der Waals surface area contributed by atoms with Gasteiger partial charge >= 0.3 is 0 Å². The predicted octanol–water partition coefficient (Wildman–Crippen LogP) is 3.46. The molecule has 0 aliphatic carbocycles. The molecule has 0 bridgehead atoms. The van der Waals surface area contributed by atoms with Gasteiger partial charge < -0.3 is 0 Å². The third kappa shape index (κ3) is 7.70. The van der Waals surface area contributed by atoms with E-state index < -0.39 is 0 Å². The summed E-state index contributed by atoms with van der Waals surface area (Å²) < 4.78 is 0.